The van der Waals surface area contributed by atoms with E-state index in [0.29, 0.717) is 12.5 Å². The SMILES string of the molecule is Cc1nnc(CN=C(NCCCOCC(C)C)NCCCN(C)c2ccccc2)n1C. The number of nitrogens with one attached hydrogen (secondary N) is 2. The van der Waals surface area contributed by atoms with E-state index >= 15 is 0 Å². The molecule has 2 N–H and O–H groups in total. The molecule has 8 heteroatoms. The molecule has 0 amide bonds. The van der Waals surface area contributed by atoms with Crippen molar-refractivity contribution in [2.24, 2.45) is 18.0 Å². The van der Waals surface area contributed by atoms with Gasteiger partial charge >= 0.3 is 0 Å². The van der Waals surface area contributed by atoms with Crippen molar-refractivity contribution in [3.63, 3.8) is 0 Å². The van der Waals surface area contributed by atoms with Crippen molar-refractivity contribution in [1.29, 1.82) is 0 Å². The minimum Gasteiger partial charge on any atom is -0.381 e. The summed E-state index contributed by atoms with van der Waals surface area (Å²) in [4.78, 5) is 6.97. The molecule has 1 aromatic carbocycles. The maximum atomic E-state index is 5.66. The van der Waals surface area contributed by atoms with Crippen LogP contribution in [0.2, 0.25) is 0 Å². The highest BCUT2D eigenvalue weighted by molar-refractivity contribution is 5.79. The Hall–Kier alpha value is -2.61. The Labute approximate surface area is 187 Å². The van der Waals surface area contributed by atoms with E-state index in [4.69, 9.17) is 9.73 Å². The zero-order valence-electron chi connectivity index (χ0n) is 19.8. The number of ether oxygens (including phenoxy) is 1. The lowest BCUT2D eigenvalue weighted by Gasteiger charge is -2.19. The van der Waals surface area contributed by atoms with Gasteiger partial charge in [-0.15, -0.1) is 10.2 Å². The van der Waals surface area contributed by atoms with Crippen LogP contribution in [0.15, 0.2) is 35.3 Å². The van der Waals surface area contributed by atoms with Crippen molar-refractivity contribution in [3.8, 4) is 0 Å². The van der Waals surface area contributed by atoms with Gasteiger partial charge in [0.05, 0.1) is 0 Å². The summed E-state index contributed by atoms with van der Waals surface area (Å²) < 4.78 is 7.63. The molecule has 0 unspecified atom stereocenters. The molecule has 0 aliphatic heterocycles. The Morgan fingerprint density at radius 1 is 1.13 bits per heavy atom. The number of hydrogen-bond donors (Lipinski definition) is 2. The third-order valence-electron chi connectivity index (χ3n) is 4.93. The van der Waals surface area contributed by atoms with Gasteiger partial charge in [0, 0.05) is 52.6 Å². The molecule has 1 aromatic heterocycles. The second kappa shape index (κ2) is 13.6. The van der Waals surface area contributed by atoms with Crippen molar-refractivity contribution in [3.05, 3.63) is 42.0 Å². The second-order valence-electron chi connectivity index (χ2n) is 8.17. The molecule has 0 saturated carbocycles. The van der Waals surface area contributed by atoms with Crippen molar-refractivity contribution < 1.29 is 4.74 Å². The van der Waals surface area contributed by atoms with Gasteiger partial charge in [-0.3, -0.25) is 0 Å². The summed E-state index contributed by atoms with van der Waals surface area (Å²) in [5.74, 6) is 3.10. The lowest BCUT2D eigenvalue weighted by molar-refractivity contribution is 0.108. The smallest absolute Gasteiger partial charge is 0.191 e. The first kappa shape index (κ1) is 24.7. The van der Waals surface area contributed by atoms with Crippen LogP contribution in [0.3, 0.4) is 0 Å². The average molecular weight is 430 g/mol. The van der Waals surface area contributed by atoms with Gasteiger partial charge in [0.25, 0.3) is 0 Å². The van der Waals surface area contributed by atoms with E-state index in [2.05, 4.69) is 70.9 Å². The van der Waals surface area contributed by atoms with Crippen LogP contribution in [-0.2, 0) is 18.3 Å². The number of rotatable bonds is 13. The van der Waals surface area contributed by atoms with E-state index in [9.17, 15) is 0 Å². The molecular formula is C23H39N7O. The summed E-state index contributed by atoms with van der Waals surface area (Å²) in [5.41, 5.74) is 1.23. The van der Waals surface area contributed by atoms with Gasteiger partial charge in [-0.05, 0) is 37.8 Å². The molecule has 0 fully saturated rings. The van der Waals surface area contributed by atoms with Gasteiger partial charge in [-0.2, -0.15) is 0 Å². The maximum absolute atomic E-state index is 5.66. The van der Waals surface area contributed by atoms with E-state index in [0.717, 1.165) is 63.3 Å². The van der Waals surface area contributed by atoms with E-state index in [-0.39, 0.29) is 0 Å². The maximum Gasteiger partial charge on any atom is 0.191 e. The fourth-order valence-electron chi connectivity index (χ4n) is 2.95. The van der Waals surface area contributed by atoms with Gasteiger partial charge in [0.1, 0.15) is 12.4 Å². The molecule has 0 atom stereocenters. The van der Waals surface area contributed by atoms with Crippen molar-refractivity contribution in [2.45, 2.75) is 40.2 Å². The predicted octanol–water partition coefficient (Wildman–Crippen LogP) is 2.75. The van der Waals surface area contributed by atoms with Gasteiger partial charge in [-0.25, -0.2) is 4.99 Å². The summed E-state index contributed by atoms with van der Waals surface area (Å²) in [6.45, 7) is 10.9. The number of hydrogen-bond acceptors (Lipinski definition) is 5. The predicted molar refractivity (Wildman–Crippen MR) is 127 cm³/mol. The van der Waals surface area contributed by atoms with Crippen LogP contribution < -0.4 is 15.5 Å². The molecule has 8 nitrogen and oxygen atoms in total. The van der Waals surface area contributed by atoms with Crippen molar-refractivity contribution in [2.75, 3.05) is 44.8 Å². The summed E-state index contributed by atoms with van der Waals surface area (Å²) >= 11 is 0. The Morgan fingerprint density at radius 3 is 2.48 bits per heavy atom. The normalized spacial score (nSPS) is 11.7. The number of anilines is 1. The van der Waals surface area contributed by atoms with E-state index in [1.165, 1.54) is 5.69 Å². The molecule has 1 heterocycles. The molecule has 0 bridgehead atoms. The zero-order chi connectivity index (χ0) is 22.5. The number of benzene rings is 1. The quantitative estimate of drug-likeness (QED) is 0.290. The first-order valence-electron chi connectivity index (χ1n) is 11.2. The molecule has 0 aliphatic rings. The number of nitrogens with zero attached hydrogens (tertiary/aromatic N) is 5. The highest BCUT2D eigenvalue weighted by Gasteiger charge is 2.06. The monoisotopic (exact) mass is 429 g/mol. The molecule has 0 aliphatic carbocycles. The molecular weight excluding hydrogens is 390 g/mol. The van der Waals surface area contributed by atoms with E-state index in [1.807, 2.05) is 24.6 Å². The molecule has 0 saturated heterocycles. The van der Waals surface area contributed by atoms with Crippen LogP contribution in [0.1, 0.15) is 38.3 Å². The highest BCUT2D eigenvalue weighted by Crippen LogP contribution is 2.10. The number of aliphatic imine (C=N–C) groups is 1. The van der Waals surface area contributed by atoms with Crippen LogP contribution in [0, 0.1) is 12.8 Å². The van der Waals surface area contributed by atoms with Crippen molar-refractivity contribution in [1.82, 2.24) is 25.4 Å². The number of aryl methyl sites for hydroxylation is 1. The minimum absolute atomic E-state index is 0.487. The summed E-state index contributed by atoms with van der Waals surface area (Å²) in [5, 5.41) is 15.2. The van der Waals surface area contributed by atoms with E-state index in [1.54, 1.807) is 0 Å². The standard InChI is InChI=1S/C23H39N7O/c1-19(2)18-31-16-10-14-25-23(26-17-22-28-27-20(3)30(22)5)24-13-9-15-29(4)21-11-7-6-8-12-21/h6-8,11-12,19H,9-10,13-18H2,1-5H3,(H2,24,25,26). The molecule has 0 radical (unpaired) electrons. The lowest BCUT2D eigenvalue weighted by atomic mass is 10.2. The topological polar surface area (TPSA) is 79.6 Å². The fourth-order valence-corrected chi connectivity index (χ4v) is 2.95. The van der Waals surface area contributed by atoms with Gasteiger partial charge < -0.3 is 24.8 Å². The lowest BCUT2D eigenvalue weighted by Crippen LogP contribution is -2.39. The average Bonchev–Trinajstić information content (AvgIpc) is 3.09. The Morgan fingerprint density at radius 2 is 1.84 bits per heavy atom. The van der Waals surface area contributed by atoms with Crippen molar-refractivity contribution >= 4 is 11.6 Å². The van der Waals surface area contributed by atoms with Gasteiger partial charge in [0.15, 0.2) is 11.8 Å². The first-order chi connectivity index (χ1) is 15.0. The zero-order valence-corrected chi connectivity index (χ0v) is 19.8. The molecule has 0 spiro atoms. The molecule has 31 heavy (non-hydrogen) atoms. The Bertz CT molecular complexity index is 773. The fraction of sp³-hybridized carbons (Fsp3) is 0.609. The van der Waals surface area contributed by atoms with Crippen LogP contribution in [0.5, 0.6) is 0 Å². The van der Waals surface area contributed by atoms with Crippen LogP contribution >= 0.6 is 0 Å². The third kappa shape index (κ3) is 9.38. The van der Waals surface area contributed by atoms with Crippen LogP contribution in [0.25, 0.3) is 0 Å². The summed E-state index contributed by atoms with van der Waals surface area (Å²) in [6.07, 6.45) is 1.94. The number of guanidine groups is 1. The second-order valence-corrected chi connectivity index (χ2v) is 8.17. The van der Waals surface area contributed by atoms with Gasteiger partial charge in [-0.1, -0.05) is 32.0 Å². The summed E-state index contributed by atoms with van der Waals surface area (Å²) in [6, 6.07) is 10.4. The molecule has 172 valence electrons. The van der Waals surface area contributed by atoms with Crippen LogP contribution in [0.4, 0.5) is 5.69 Å². The van der Waals surface area contributed by atoms with Crippen LogP contribution in [-0.4, -0.2) is 60.6 Å². The minimum atomic E-state index is 0.487. The highest BCUT2D eigenvalue weighted by atomic mass is 16.5. The first-order valence-corrected chi connectivity index (χ1v) is 11.2. The Kier molecular flexibility index (Phi) is 10.9. The van der Waals surface area contributed by atoms with Gasteiger partial charge in [0.2, 0.25) is 0 Å². The number of aromatic nitrogens is 3. The molecule has 2 rings (SSSR count). The third-order valence-corrected chi connectivity index (χ3v) is 4.93. The number of para-hydroxylation sites is 1. The Balaban J connectivity index is 1.80. The summed E-state index contributed by atoms with van der Waals surface area (Å²) in [7, 11) is 4.09. The van der Waals surface area contributed by atoms with E-state index < -0.39 is 0 Å². The largest absolute Gasteiger partial charge is 0.381 e. The molecule has 2 aromatic rings.